The highest BCUT2D eigenvalue weighted by molar-refractivity contribution is 6.34. The van der Waals surface area contributed by atoms with Crippen molar-refractivity contribution >= 4 is 17.4 Å². The fraction of sp³-hybridized carbons (Fsp3) is 0.455. The molecule has 0 radical (unpaired) electrons. The van der Waals surface area contributed by atoms with Crippen LogP contribution in [0, 0.1) is 11.3 Å². The molecular formula is C11H13ClN4. The van der Waals surface area contributed by atoms with Crippen molar-refractivity contribution in [3.63, 3.8) is 0 Å². The van der Waals surface area contributed by atoms with Gasteiger partial charge >= 0.3 is 0 Å². The highest BCUT2D eigenvalue weighted by atomic mass is 35.5. The average Bonchev–Trinajstić information content (AvgIpc) is 2.31. The molecule has 0 spiro atoms. The molecule has 0 aromatic carbocycles. The molecule has 1 aromatic rings. The zero-order valence-corrected chi connectivity index (χ0v) is 9.83. The Labute approximate surface area is 99.8 Å². The van der Waals surface area contributed by atoms with Gasteiger partial charge in [-0.05, 0) is 13.0 Å². The molecule has 2 heterocycles. The van der Waals surface area contributed by atoms with Gasteiger partial charge in [-0.3, -0.25) is 0 Å². The molecule has 16 heavy (non-hydrogen) atoms. The van der Waals surface area contributed by atoms with Crippen LogP contribution in [0.15, 0.2) is 12.3 Å². The number of rotatable bonds is 1. The number of nitrogens with one attached hydrogen (secondary N) is 1. The number of anilines is 1. The van der Waals surface area contributed by atoms with Crippen LogP contribution in [0.5, 0.6) is 0 Å². The molecule has 0 saturated carbocycles. The van der Waals surface area contributed by atoms with Crippen LogP contribution in [-0.4, -0.2) is 30.7 Å². The lowest BCUT2D eigenvalue weighted by Crippen LogP contribution is -2.50. The van der Waals surface area contributed by atoms with E-state index in [1.165, 1.54) is 0 Å². The van der Waals surface area contributed by atoms with Gasteiger partial charge in [0.15, 0.2) is 0 Å². The molecule has 1 atom stereocenters. The van der Waals surface area contributed by atoms with Gasteiger partial charge in [0.25, 0.3) is 0 Å². The first-order valence-electron chi connectivity index (χ1n) is 5.26. The lowest BCUT2D eigenvalue weighted by molar-refractivity contribution is 0.497. The SMILES string of the molecule is CC1CNCCN1c1nccc(C#N)c1Cl. The van der Waals surface area contributed by atoms with Gasteiger partial charge in [0.1, 0.15) is 16.9 Å². The summed E-state index contributed by atoms with van der Waals surface area (Å²) in [5.41, 5.74) is 0.484. The number of nitriles is 1. The molecule has 84 valence electrons. The van der Waals surface area contributed by atoms with Gasteiger partial charge in [-0.25, -0.2) is 4.98 Å². The summed E-state index contributed by atoms with van der Waals surface area (Å²) in [4.78, 5) is 6.41. The van der Waals surface area contributed by atoms with Crippen molar-refractivity contribution in [1.82, 2.24) is 10.3 Å². The van der Waals surface area contributed by atoms with Crippen molar-refractivity contribution in [2.75, 3.05) is 24.5 Å². The number of hydrogen-bond donors (Lipinski definition) is 1. The van der Waals surface area contributed by atoms with Gasteiger partial charge in [0.05, 0.1) is 5.56 Å². The molecule has 1 aliphatic heterocycles. The first-order valence-corrected chi connectivity index (χ1v) is 5.64. The van der Waals surface area contributed by atoms with E-state index in [-0.39, 0.29) is 0 Å². The van der Waals surface area contributed by atoms with Crippen LogP contribution in [-0.2, 0) is 0 Å². The second-order valence-corrected chi connectivity index (χ2v) is 4.23. The smallest absolute Gasteiger partial charge is 0.149 e. The quantitative estimate of drug-likeness (QED) is 0.801. The van der Waals surface area contributed by atoms with E-state index in [0.717, 1.165) is 25.5 Å². The van der Waals surface area contributed by atoms with Gasteiger partial charge in [-0.1, -0.05) is 11.6 Å². The summed E-state index contributed by atoms with van der Waals surface area (Å²) >= 11 is 6.16. The topological polar surface area (TPSA) is 52.0 Å². The molecule has 0 bridgehead atoms. The van der Waals surface area contributed by atoms with Gasteiger partial charge in [-0.15, -0.1) is 0 Å². The lowest BCUT2D eigenvalue weighted by Gasteiger charge is -2.35. The molecule has 0 aliphatic carbocycles. The van der Waals surface area contributed by atoms with Crippen LogP contribution in [0.25, 0.3) is 0 Å². The number of halogens is 1. The van der Waals surface area contributed by atoms with E-state index < -0.39 is 0 Å². The largest absolute Gasteiger partial charge is 0.350 e. The predicted molar refractivity (Wildman–Crippen MR) is 63.6 cm³/mol. The van der Waals surface area contributed by atoms with Gasteiger partial charge < -0.3 is 10.2 Å². The molecule has 1 aromatic heterocycles. The molecule has 1 N–H and O–H groups in total. The zero-order chi connectivity index (χ0) is 11.5. The molecule has 1 fully saturated rings. The molecule has 0 amide bonds. The number of aromatic nitrogens is 1. The molecule has 4 nitrogen and oxygen atoms in total. The second kappa shape index (κ2) is 4.69. The predicted octanol–water partition coefficient (Wildman–Crippen LogP) is 1.40. The number of pyridine rings is 1. The fourth-order valence-electron chi connectivity index (χ4n) is 1.87. The Morgan fingerprint density at radius 2 is 2.50 bits per heavy atom. The fourth-order valence-corrected chi connectivity index (χ4v) is 2.14. The summed E-state index contributed by atoms with van der Waals surface area (Å²) in [5.74, 6) is 0.717. The monoisotopic (exact) mass is 236 g/mol. The Balaban J connectivity index is 2.36. The summed E-state index contributed by atoms with van der Waals surface area (Å²) < 4.78 is 0. The summed E-state index contributed by atoms with van der Waals surface area (Å²) in [6.07, 6.45) is 1.63. The van der Waals surface area contributed by atoms with Crippen molar-refractivity contribution in [2.24, 2.45) is 0 Å². The lowest BCUT2D eigenvalue weighted by atomic mass is 10.2. The Morgan fingerprint density at radius 1 is 1.69 bits per heavy atom. The highest BCUT2D eigenvalue weighted by Gasteiger charge is 2.22. The van der Waals surface area contributed by atoms with Crippen LogP contribution in [0.3, 0.4) is 0 Å². The second-order valence-electron chi connectivity index (χ2n) is 3.85. The molecule has 2 rings (SSSR count). The molecular weight excluding hydrogens is 224 g/mol. The first-order chi connectivity index (χ1) is 7.74. The standard InChI is InChI=1S/C11H13ClN4/c1-8-7-14-4-5-16(8)11-10(12)9(6-13)2-3-15-11/h2-3,8,14H,4-5,7H2,1H3. The van der Waals surface area contributed by atoms with E-state index in [1.807, 2.05) is 0 Å². The maximum absolute atomic E-state index is 8.91. The van der Waals surface area contributed by atoms with E-state index in [9.17, 15) is 0 Å². The molecule has 1 aliphatic rings. The zero-order valence-electron chi connectivity index (χ0n) is 9.07. The molecule has 5 heteroatoms. The van der Waals surface area contributed by atoms with E-state index in [0.29, 0.717) is 16.6 Å². The Hall–Kier alpha value is -1.31. The minimum Gasteiger partial charge on any atom is -0.350 e. The Bertz CT molecular complexity index is 426. The van der Waals surface area contributed by atoms with Crippen molar-refractivity contribution in [1.29, 1.82) is 5.26 Å². The van der Waals surface area contributed by atoms with E-state index in [1.54, 1.807) is 12.3 Å². The summed E-state index contributed by atoms with van der Waals surface area (Å²) in [6, 6.07) is 4.05. The van der Waals surface area contributed by atoms with Crippen molar-refractivity contribution in [3.05, 3.63) is 22.8 Å². The van der Waals surface area contributed by atoms with Crippen molar-refractivity contribution < 1.29 is 0 Å². The van der Waals surface area contributed by atoms with Gasteiger partial charge in [0.2, 0.25) is 0 Å². The van der Waals surface area contributed by atoms with Crippen molar-refractivity contribution in [3.8, 4) is 6.07 Å². The van der Waals surface area contributed by atoms with Crippen LogP contribution < -0.4 is 10.2 Å². The third-order valence-corrected chi connectivity index (χ3v) is 3.14. The maximum Gasteiger partial charge on any atom is 0.149 e. The summed E-state index contributed by atoms with van der Waals surface area (Å²) in [7, 11) is 0. The van der Waals surface area contributed by atoms with Crippen LogP contribution in [0.1, 0.15) is 12.5 Å². The summed E-state index contributed by atoms with van der Waals surface area (Å²) in [5, 5.41) is 12.7. The number of piperazine rings is 1. The van der Waals surface area contributed by atoms with E-state index in [2.05, 4.69) is 28.2 Å². The Morgan fingerprint density at radius 3 is 3.19 bits per heavy atom. The summed E-state index contributed by atoms with van der Waals surface area (Å²) in [6.45, 7) is 4.81. The third kappa shape index (κ3) is 1.97. The van der Waals surface area contributed by atoms with Crippen molar-refractivity contribution in [2.45, 2.75) is 13.0 Å². The minimum absolute atomic E-state index is 0.340. The van der Waals surface area contributed by atoms with Crippen LogP contribution in [0.2, 0.25) is 5.02 Å². The van der Waals surface area contributed by atoms with Crippen LogP contribution >= 0.6 is 11.6 Å². The third-order valence-electron chi connectivity index (χ3n) is 2.76. The Kier molecular flexibility index (Phi) is 3.28. The van der Waals surface area contributed by atoms with E-state index in [4.69, 9.17) is 16.9 Å². The number of nitrogens with zero attached hydrogens (tertiary/aromatic N) is 3. The highest BCUT2D eigenvalue weighted by Crippen LogP contribution is 2.28. The van der Waals surface area contributed by atoms with Crippen LogP contribution in [0.4, 0.5) is 5.82 Å². The van der Waals surface area contributed by atoms with E-state index >= 15 is 0 Å². The molecule has 1 saturated heterocycles. The molecule has 1 unspecified atom stereocenters. The minimum atomic E-state index is 0.340. The average molecular weight is 237 g/mol. The first kappa shape index (κ1) is 11.2. The van der Waals surface area contributed by atoms with Gasteiger partial charge in [0, 0.05) is 31.9 Å². The number of hydrogen-bond acceptors (Lipinski definition) is 4. The maximum atomic E-state index is 8.91. The normalized spacial score (nSPS) is 20.6. The van der Waals surface area contributed by atoms with Gasteiger partial charge in [-0.2, -0.15) is 5.26 Å².